The predicted molar refractivity (Wildman–Crippen MR) is 132 cm³/mol. The lowest BCUT2D eigenvalue weighted by atomic mass is 10.1. The molecule has 8 nitrogen and oxygen atoms in total. The van der Waals surface area contributed by atoms with E-state index in [1.807, 2.05) is 36.1 Å². The van der Waals surface area contributed by atoms with E-state index in [0.29, 0.717) is 43.4 Å². The Bertz CT molecular complexity index is 1240. The maximum absolute atomic E-state index is 13.2. The highest BCUT2D eigenvalue weighted by atomic mass is 32.1. The van der Waals surface area contributed by atoms with E-state index in [0.717, 1.165) is 34.1 Å². The maximum atomic E-state index is 13.2. The number of ether oxygens (including phenoxy) is 2. The van der Waals surface area contributed by atoms with Crippen LogP contribution in [0.3, 0.4) is 0 Å². The summed E-state index contributed by atoms with van der Waals surface area (Å²) in [5.41, 5.74) is 2.47. The molecular formula is C25H25N5O3S. The number of pyridine rings is 2. The van der Waals surface area contributed by atoms with Gasteiger partial charge in [0.15, 0.2) is 16.6 Å². The first-order valence-corrected chi connectivity index (χ1v) is 12.1. The molecule has 0 atom stereocenters. The Hall–Kier alpha value is -3.72. The van der Waals surface area contributed by atoms with Crippen LogP contribution in [0.15, 0.2) is 61.1 Å². The number of piperazine rings is 1. The number of rotatable bonds is 7. The van der Waals surface area contributed by atoms with E-state index < -0.39 is 0 Å². The van der Waals surface area contributed by atoms with Gasteiger partial charge in [-0.1, -0.05) is 17.4 Å². The number of carbonyl (C=O) groups excluding carboxylic acids is 1. The molecule has 1 aliphatic rings. The number of anilines is 1. The van der Waals surface area contributed by atoms with Gasteiger partial charge in [0.2, 0.25) is 0 Å². The second-order valence-electron chi connectivity index (χ2n) is 7.85. The molecule has 0 N–H and O–H groups in total. The van der Waals surface area contributed by atoms with Crippen molar-refractivity contribution < 1.29 is 14.3 Å². The molecule has 1 fully saturated rings. The third kappa shape index (κ3) is 4.79. The molecule has 9 heteroatoms. The van der Waals surface area contributed by atoms with Crippen LogP contribution in [0.5, 0.6) is 11.5 Å². The van der Waals surface area contributed by atoms with Crippen LogP contribution in [0.1, 0.15) is 22.8 Å². The van der Waals surface area contributed by atoms with E-state index in [1.165, 1.54) is 0 Å². The van der Waals surface area contributed by atoms with Crippen LogP contribution in [-0.4, -0.2) is 58.5 Å². The topological polar surface area (TPSA) is 80.7 Å². The minimum atomic E-state index is -0.00891. The summed E-state index contributed by atoms with van der Waals surface area (Å²) in [5.74, 6) is 1.17. The van der Waals surface area contributed by atoms with E-state index in [9.17, 15) is 4.79 Å². The molecule has 0 bridgehead atoms. The fourth-order valence-corrected chi connectivity index (χ4v) is 4.81. The summed E-state index contributed by atoms with van der Waals surface area (Å²) in [6, 6.07) is 13.1. The Morgan fingerprint density at radius 3 is 2.65 bits per heavy atom. The van der Waals surface area contributed by atoms with Gasteiger partial charge in [0.25, 0.3) is 5.91 Å². The zero-order valence-corrected chi connectivity index (χ0v) is 19.7. The molecule has 5 rings (SSSR count). The van der Waals surface area contributed by atoms with Gasteiger partial charge >= 0.3 is 0 Å². The van der Waals surface area contributed by atoms with Gasteiger partial charge in [0, 0.05) is 55.9 Å². The highest BCUT2D eigenvalue weighted by molar-refractivity contribution is 7.21. The van der Waals surface area contributed by atoms with Crippen LogP contribution in [0.25, 0.3) is 10.3 Å². The van der Waals surface area contributed by atoms with Crippen molar-refractivity contribution in [3.63, 3.8) is 0 Å². The summed E-state index contributed by atoms with van der Waals surface area (Å²) >= 11 is 1.59. The number of thiazole rings is 1. The summed E-state index contributed by atoms with van der Waals surface area (Å²) in [4.78, 5) is 31.4. The van der Waals surface area contributed by atoms with Crippen molar-refractivity contribution in [2.45, 2.75) is 13.5 Å². The number of amides is 1. The molecule has 0 aliphatic carbocycles. The first kappa shape index (κ1) is 22.1. The second-order valence-corrected chi connectivity index (χ2v) is 8.80. The van der Waals surface area contributed by atoms with E-state index in [2.05, 4.69) is 19.9 Å². The lowest BCUT2D eigenvalue weighted by Gasteiger charge is -2.34. The molecule has 0 saturated carbocycles. The SMILES string of the molecule is CCOc1cc(C(=O)N2CCN(c3nc4cccnc4s3)CC2)ccc1OCc1cccnc1. The van der Waals surface area contributed by atoms with Crippen LogP contribution in [0.4, 0.5) is 5.13 Å². The third-order valence-corrected chi connectivity index (χ3v) is 6.64. The fourth-order valence-electron chi connectivity index (χ4n) is 3.85. The van der Waals surface area contributed by atoms with Crippen molar-refractivity contribution in [3.05, 3.63) is 72.2 Å². The summed E-state index contributed by atoms with van der Waals surface area (Å²) in [5, 5.41) is 0.953. The number of nitrogens with zero attached hydrogens (tertiary/aromatic N) is 5. The van der Waals surface area contributed by atoms with Crippen LogP contribution >= 0.6 is 11.3 Å². The first-order chi connectivity index (χ1) is 16.7. The Labute approximate surface area is 201 Å². The molecular weight excluding hydrogens is 450 g/mol. The lowest BCUT2D eigenvalue weighted by molar-refractivity contribution is 0.0746. The van der Waals surface area contributed by atoms with Crippen molar-refractivity contribution in [1.82, 2.24) is 19.9 Å². The zero-order chi connectivity index (χ0) is 23.3. The van der Waals surface area contributed by atoms with Gasteiger partial charge in [0.1, 0.15) is 17.0 Å². The molecule has 3 aromatic heterocycles. The van der Waals surface area contributed by atoms with Crippen molar-refractivity contribution in [3.8, 4) is 11.5 Å². The van der Waals surface area contributed by atoms with Gasteiger partial charge in [0.05, 0.1) is 6.61 Å². The van der Waals surface area contributed by atoms with Crippen LogP contribution in [0, 0.1) is 0 Å². The van der Waals surface area contributed by atoms with Crippen molar-refractivity contribution in [1.29, 1.82) is 0 Å². The van der Waals surface area contributed by atoms with E-state index in [1.54, 1.807) is 48.1 Å². The Balaban J connectivity index is 1.24. The van der Waals surface area contributed by atoms with Gasteiger partial charge in [-0.05, 0) is 43.3 Å². The Morgan fingerprint density at radius 2 is 1.88 bits per heavy atom. The summed E-state index contributed by atoms with van der Waals surface area (Å²) in [6.45, 7) is 5.50. The monoisotopic (exact) mass is 475 g/mol. The number of hydrogen-bond acceptors (Lipinski definition) is 8. The number of aromatic nitrogens is 3. The van der Waals surface area contributed by atoms with E-state index in [4.69, 9.17) is 9.47 Å². The lowest BCUT2D eigenvalue weighted by Crippen LogP contribution is -2.48. The Morgan fingerprint density at radius 1 is 1.03 bits per heavy atom. The van der Waals surface area contributed by atoms with Crippen molar-refractivity contribution in [2.75, 3.05) is 37.7 Å². The second kappa shape index (κ2) is 10.0. The smallest absolute Gasteiger partial charge is 0.254 e. The van der Waals surface area contributed by atoms with Crippen LogP contribution < -0.4 is 14.4 Å². The number of fused-ring (bicyclic) bond motifs is 1. The molecule has 4 heterocycles. The quantitative estimate of drug-likeness (QED) is 0.399. The highest BCUT2D eigenvalue weighted by Gasteiger charge is 2.25. The summed E-state index contributed by atoms with van der Waals surface area (Å²) in [6.07, 6.45) is 5.28. The molecule has 0 unspecified atom stereocenters. The largest absolute Gasteiger partial charge is 0.490 e. The Kier molecular flexibility index (Phi) is 6.53. The molecule has 1 amide bonds. The van der Waals surface area contributed by atoms with E-state index in [-0.39, 0.29) is 5.91 Å². The van der Waals surface area contributed by atoms with Gasteiger partial charge < -0.3 is 19.3 Å². The maximum Gasteiger partial charge on any atom is 0.254 e. The molecule has 34 heavy (non-hydrogen) atoms. The fraction of sp³-hybridized carbons (Fsp3) is 0.280. The minimum Gasteiger partial charge on any atom is -0.490 e. The van der Waals surface area contributed by atoms with Gasteiger partial charge in [-0.2, -0.15) is 0 Å². The summed E-state index contributed by atoms with van der Waals surface area (Å²) in [7, 11) is 0. The van der Waals surface area contributed by atoms with Crippen LogP contribution in [0.2, 0.25) is 0 Å². The molecule has 174 valence electrons. The average Bonchev–Trinajstić information content (AvgIpc) is 3.33. The van der Waals surface area contributed by atoms with Gasteiger partial charge in [-0.3, -0.25) is 9.78 Å². The third-order valence-electron chi connectivity index (χ3n) is 5.60. The number of hydrogen-bond donors (Lipinski definition) is 0. The summed E-state index contributed by atoms with van der Waals surface area (Å²) < 4.78 is 11.7. The van der Waals surface area contributed by atoms with Crippen LogP contribution in [-0.2, 0) is 6.61 Å². The zero-order valence-electron chi connectivity index (χ0n) is 18.9. The average molecular weight is 476 g/mol. The molecule has 0 spiro atoms. The standard InChI is InChI=1S/C25H25N5O3S/c1-2-32-22-15-19(7-8-21(22)33-17-18-5-3-9-26-16-18)24(31)29-11-13-30(14-12-29)25-28-20-6-4-10-27-23(20)34-25/h3-10,15-16H,2,11-14,17H2,1H3. The normalized spacial score (nSPS) is 13.8. The first-order valence-electron chi connectivity index (χ1n) is 11.3. The molecule has 4 aromatic rings. The molecule has 1 aromatic carbocycles. The van der Waals surface area contributed by atoms with Crippen molar-refractivity contribution >= 4 is 32.7 Å². The number of benzene rings is 1. The van der Waals surface area contributed by atoms with Crippen molar-refractivity contribution in [2.24, 2.45) is 0 Å². The predicted octanol–water partition coefficient (Wildman–Crippen LogP) is 4.03. The number of carbonyl (C=O) groups is 1. The van der Waals surface area contributed by atoms with E-state index >= 15 is 0 Å². The van der Waals surface area contributed by atoms with Gasteiger partial charge in [-0.25, -0.2) is 9.97 Å². The molecule has 0 radical (unpaired) electrons. The van der Waals surface area contributed by atoms with Gasteiger partial charge in [-0.15, -0.1) is 0 Å². The molecule has 1 aliphatic heterocycles. The minimum absolute atomic E-state index is 0.00891. The highest BCUT2D eigenvalue weighted by Crippen LogP contribution is 2.31. The molecule has 1 saturated heterocycles.